The highest BCUT2D eigenvalue weighted by Crippen LogP contribution is 2.26. The van der Waals surface area contributed by atoms with Crippen molar-refractivity contribution >= 4 is 11.8 Å². The van der Waals surface area contributed by atoms with Crippen LogP contribution >= 0.6 is 0 Å². The molecule has 3 N–H and O–H groups in total. The number of nitrogens with one attached hydrogen (secondary N) is 2. The summed E-state index contributed by atoms with van der Waals surface area (Å²) in [5.74, 6) is -0.548. The molecular weight excluding hydrogens is 292 g/mol. The molecule has 5 heteroatoms. The molecule has 1 aromatic carbocycles. The van der Waals surface area contributed by atoms with Crippen molar-refractivity contribution in [2.45, 2.75) is 57.1 Å². The first-order valence-electron chi connectivity index (χ1n) is 8.36. The number of rotatable bonds is 5. The Hall–Kier alpha value is -1.88. The second kappa shape index (κ2) is 8.11. The van der Waals surface area contributed by atoms with Crippen LogP contribution in [0.4, 0.5) is 0 Å². The molecule has 0 aliphatic heterocycles. The van der Waals surface area contributed by atoms with Crippen LogP contribution in [-0.4, -0.2) is 35.1 Å². The number of carbonyl (C=O) groups is 2. The van der Waals surface area contributed by atoms with E-state index in [4.69, 9.17) is 0 Å². The average Bonchev–Trinajstić information content (AvgIpc) is 2.78. The van der Waals surface area contributed by atoms with Gasteiger partial charge in [-0.3, -0.25) is 9.59 Å². The lowest BCUT2D eigenvalue weighted by Crippen LogP contribution is -2.49. The minimum Gasteiger partial charge on any atom is -0.388 e. The Labute approximate surface area is 137 Å². The zero-order valence-corrected chi connectivity index (χ0v) is 13.7. The Kier molecular flexibility index (Phi) is 6.16. The van der Waals surface area contributed by atoms with Crippen LogP contribution in [-0.2, 0) is 4.79 Å². The molecular formula is C18H26N2O3. The largest absolute Gasteiger partial charge is 0.388 e. The van der Waals surface area contributed by atoms with E-state index in [1.807, 2.05) is 6.07 Å². The van der Waals surface area contributed by atoms with Gasteiger partial charge in [-0.2, -0.15) is 0 Å². The van der Waals surface area contributed by atoms with Crippen LogP contribution in [0, 0.1) is 0 Å². The molecule has 1 aliphatic rings. The summed E-state index contributed by atoms with van der Waals surface area (Å²) in [5, 5.41) is 16.0. The van der Waals surface area contributed by atoms with Gasteiger partial charge in [0.2, 0.25) is 5.91 Å². The van der Waals surface area contributed by atoms with Crippen molar-refractivity contribution in [1.29, 1.82) is 0 Å². The Morgan fingerprint density at radius 2 is 1.74 bits per heavy atom. The van der Waals surface area contributed by atoms with E-state index in [1.54, 1.807) is 31.2 Å². The van der Waals surface area contributed by atoms with Crippen LogP contribution < -0.4 is 10.6 Å². The maximum atomic E-state index is 12.1. The van der Waals surface area contributed by atoms with Gasteiger partial charge in [0, 0.05) is 12.1 Å². The van der Waals surface area contributed by atoms with E-state index < -0.39 is 11.6 Å². The van der Waals surface area contributed by atoms with Gasteiger partial charge >= 0.3 is 0 Å². The van der Waals surface area contributed by atoms with Crippen molar-refractivity contribution in [3.63, 3.8) is 0 Å². The van der Waals surface area contributed by atoms with E-state index in [1.165, 1.54) is 0 Å². The monoisotopic (exact) mass is 318 g/mol. The molecule has 1 aliphatic carbocycles. The lowest BCUT2D eigenvalue weighted by atomic mass is 9.94. The van der Waals surface area contributed by atoms with Gasteiger partial charge in [0.15, 0.2) is 0 Å². The number of benzene rings is 1. The first kappa shape index (κ1) is 17.5. The third-order valence-corrected chi connectivity index (χ3v) is 4.40. The molecule has 0 heterocycles. The molecule has 1 fully saturated rings. The molecule has 5 nitrogen and oxygen atoms in total. The Morgan fingerprint density at radius 1 is 1.13 bits per heavy atom. The summed E-state index contributed by atoms with van der Waals surface area (Å²) in [6.45, 7) is 1.89. The van der Waals surface area contributed by atoms with Gasteiger partial charge in [0.25, 0.3) is 5.91 Å². The Morgan fingerprint density at radius 3 is 2.35 bits per heavy atom. The van der Waals surface area contributed by atoms with Crippen molar-refractivity contribution in [2.24, 2.45) is 0 Å². The van der Waals surface area contributed by atoms with Crippen LogP contribution in [0.1, 0.15) is 55.8 Å². The van der Waals surface area contributed by atoms with Gasteiger partial charge in [0.1, 0.15) is 6.04 Å². The van der Waals surface area contributed by atoms with Gasteiger partial charge in [0.05, 0.1) is 5.60 Å². The van der Waals surface area contributed by atoms with Crippen molar-refractivity contribution in [3.8, 4) is 0 Å². The molecule has 2 amide bonds. The number of amides is 2. The summed E-state index contributed by atoms with van der Waals surface area (Å²) < 4.78 is 0. The zero-order valence-electron chi connectivity index (χ0n) is 13.7. The number of aliphatic hydroxyl groups is 1. The molecule has 1 saturated carbocycles. The number of hydrogen-bond donors (Lipinski definition) is 3. The van der Waals surface area contributed by atoms with Crippen molar-refractivity contribution in [3.05, 3.63) is 35.9 Å². The molecule has 0 radical (unpaired) electrons. The minimum atomic E-state index is -0.810. The second-order valence-electron chi connectivity index (χ2n) is 6.42. The molecule has 0 saturated heterocycles. The number of hydrogen-bond acceptors (Lipinski definition) is 3. The second-order valence-corrected chi connectivity index (χ2v) is 6.42. The lowest BCUT2D eigenvalue weighted by Gasteiger charge is -2.27. The molecule has 0 unspecified atom stereocenters. The van der Waals surface area contributed by atoms with Gasteiger partial charge in [-0.1, -0.05) is 43.9 Å². The van der Waals surface area contributed by atoms with Crippen molar-refractivity contribution in [1.82, 2.24) is 10.6 Å². The summed E-state index contributed by atoms with van der Waals surface area (Å²) >= 11 is 0. The number of carbonyl (C=O) groups excluding carboxylic acids is 2. The molecule has 126 valence electrons. The van der Waals surface area contributed by atoms with E-state index in [0.717, 1.165) is 38.5 Å². The summed E-state index contributed by atoms with van der Waals surface area (Å²) in [5.41, 5.74) is -0.287. The maximum Gasteiger partial charge on any atom is 0.251 e. The predicted molar refractivity (Wildman–Crippen MR) is 89.0 cm³/mol. The maximum absolute atomic E-state index is 12.1. The molecule has 23 heavy (non-hydrogen) atoms. The summed E-state index contributed by atoms with van der Waals surface area (Å²) in [7, 11) is 0. The van der Waals surface area contributed by atoms with Crippen molar-refractivity contribution < 1.29 is 14.7 Å². The highest BCUT2D eigenvalue weighted by Gasteiger charge is 2.29. The van der Waals surface area contributed by atoms with Crippen LogP contribution in [0.3, 0.4) is 0 Å². The van der Waals surface area contributed by atoms with E-state index in [2.05, 4.69) is 10.6 Å². The van der Waals surface area contributed by atoms with E-state index in [0.29, 0.717) is 5.56 Å². The smallest absolute Gasteiger partial charge is 0.251 e. The third kappa shape index (κ3) is 5.36. The molecule has 1 aromatic rings. The van der Waals surface area contributed by atoms with Gasteiger partial charge in [-0.25, -0.2) is 0 Å². The normalized spacial score (nSPS) is 18.5. The van der Waals surface area contributed by atoms with E-state index in [9.17, 15) is 14.7 Å². The molecule has 1 atom stereocenters. The van der Waals surface area contributed by atoms with E-state index >= 15 is 0 Å². The molecule has 2 rings (SSSR count). The molecule has 0 spiro atoms. The summed E-state index contributed by atoms with van der Waals surface area (Å²) in [6, 6.07) is 8.16. The highest BCUT2D eigenvalue weighted by atomic mass is 16.3. The van der Waals surface area contributed by atoms with Gasteiger partial charge < -0.3 is 15.7 Å². The quantitative estimate of drug-likeness (QED) is 0.727. The topological polar surface area (TPSA) is 78.4 Å². The minimum absolute atomic E-state index is 0.247. The molecule has 0 bridgehead atoms. The third-order valence-electron chi connectivity index (χ3n) is 4.40. The van der Waals surface area contributed by atoms with Crippen molar-refractivity contribution in [2.75, 3.05) is 6.54 Å². The van der Waals surface area contributed by atoms with Crippen LogP contribution in [0.25, 0.3) is 0 Å². The summed E-state index contributed by atoms with van der Waals surface area (Å²) in [6.07, 6.45) is 5.70. The summed E-state index contributed by atoms with van der Waals surface area (Å²) in [4.78, 5) is 24.2. The lowest BCUT2D eigenvalue weighted by molar-refractivity contribution is -0.124. The molecule has 0 aromatic heterocycles. The van der Waals surface area contributed by atoms with E-state index in [-0.39, 0.29) is 18.4 Å². The highest BCUT2D eigenvalue weighted by molar-refractivity contribution is 5.97. The fourth-order valence-corrected chi connectivity index (χ4v) is 2.90. The SMILES string of the molecule is C[C@H](NC(=O)c1ccccc1)C(=O)NCC1(O)CCCCCC1. The Balaban J connectivity index is 1.81. The predicted octanol–water partition coefficient (Wildman–Crippen LogP) is 2.01. The fourth-order valence-electron chi connectivity index (χ4n) is 2.90. The Bertz CT molecular complexity index is 522. The average molecular weight is 318 g/mol. The van der Waals surface area contributed by atoms with Gasteiger partial charge in [-0.15, -0.1) is 0 Å². The zero-order chi connectivity index (χ0) is 16.7. The first-order chi connectivity index (χ1) is 11.0. The fraction of sp³-hybridized carbons (Fsp3) is 0.556. The standard InChI is InChI=1S/C18H26N2O3/c1-14(20-17(22)15-9-5-4-6-10-15)16(21)19-13-18(23)11-7-2-3-8-12-18/h4-6,9-10,14,23H,2-3,7-8,11-13H2,1H3,(H,19,21)(H,20,22)/t14-/m0/s1. The van der Waals surface area contributed by atoms with Crippen LogP contribution in [0.15, 0.2) is 30.3 Å². The van der Waals surface area contributed by atoms with Crippen LogP contribution in [0.2, 0.25) is 0 Å². The van der Waals surface area contributed by atoms with Crippen LogP contribution in [0.5, 0.6) is 0 Å². The van der Waals surface area contributed by atoms with Gasteiger partial charge in [-0.05, 0) is 31.9 Å². The first-order valence-corrected chi connectivity index (χ1v) is 8.36.